The maximum Gasteiger partial charge on any atom is 0.307 e. The van der Waals surface area contributed by atoms with Crippen LogP contribution in [0.4, 0.5) is 4.39 Å². The van der Waals surface area contributed by atoms with E-state index in [2.05, 4.69) is 21.2 Å². The van der Waals surface area contributed by atoms with Crippen molar-refractivity contribution < 1.29 is 23.8 Å². The Morgan fingerprint density at radius 3 is 2.90 bits per heavy atom. The van der Waals surface area contributed by atoms with E-state index in [0.717, 1.165) is 0 Å². The largest absolute Gasteiger partial charge is 0.486 e. The molecule has 2 aliphatic rings. The lowest BCUT2D eigenvalue weighted by molar-refractivity contribution is -0.141. The fourth-order valence-corrected chi connectivity index (χ4v) is 3.09. The zero-order valence-corrected chi connectivity index (χ0v) is 12.1. The molecule has 0 saturated carbocycles. The summed E-state index contributed by atoms with van der Waals surface area (Å²) >= 11 is 3.18. The molecule has 0 amide bonds. The van der Waals surface area contributed by atoms with Crippen molar-refractivity contribution in [1.82, 2.24) is 5.32 Å². The number of halogens is 2. The molecule has 1 saturated heterocycles. The van der Waals surface area contributed by atoms with Crippen molar-refractivity contribution >= 4 is 21.9 Å². The highest BCUT2D eigenvalue weighted by molar-refractivity contribution is 9.10. The molecular weight excluding hydrogens is 333 g/mol. The van der Waals surface area contributed by atoms with Crippen LogP contribution in [0.5, 0.6) is 11.5 Å². The number of hydrogen-bond donors (Lipinski definition) is 2. The molecule has 2 heterocycles. The van der Waals surface area contributed by atoms with Crippen LogP contribution in [0.3, 0.4) is 0 Å². The summed E-state index contributed by atoms with van der Waals surface area (Å²) in [5, 5.41) is 12.0. The lowest BCUT2D eigenvalue weighted by Gasteiger charge is -2.22. The van der Waals surface area contributed by atoms with Crippen molar-refractivity contribution in [3.63, 3.8) is 0 Å². The van der Waals surface area contributed by atoms with Gasteiger partial charge in [0.05, 0.1) is 10.4 Å². The molecule has 2 N–H and O–H groups in total. The molecule has 2 atom stereocenters. The maximum absolute atomic E-state index is 14.4. The van der Waals surface area contributed by atoms with E-state index in [1.54, 1.807) is 6.07 Å². The normalized spacial score (nSPS) is 24.7. The minimum atomic E-state index is -0.864. The van der Waals surface area contributed by atoms with Gasteiger partial charge in [0.15, 0.2) is 11.5 Å². The van der Waals surface area contributed by atoms with E-state index in [9.17, 15) is 9.18 Å². The number of carbonyl (C=O) groups is 1. The van der Waals surface area contributed by atoms with Crippen LogP contribution in [-0.2, 0) is 4.79 Å². The molecular formula is C13H13BrFNO4. The molecule has 0 radical (unpaired) electrons. The van der Waals surface area contributed by atoms with Gasteiger partial charge in [-0.25, -0.2) is 4.39 Å². The van der Waals surface area contributed by atoms with Crippen molar-refractivity contribution in [1.29, 1.82) is 0 Å². The summed E-state index contributed by atoms with van der Waals surface area (Å²) in [4.78, 5) is 11.0. The van der Waals surface area contributed by atoms with Gasteiger partial charge >= 0.3 is 5.97 Å². The van der Waals surface area contributed by atoms with E-state index < -0.39 is 17.7 Å². The monoisotopic (exact) mass is 345 g/mol. The molecule has 5 nitrogen and oxygen atoms in total. The summed E-state index contributed by atoms with van der Waals surface area (Å²) in [5.74, 6) is -0.938. The first-order valence-corrected chi connectivity index (χ1v) is 7.11. The fraction of sp³-hybridized carbons (Fsp3) is 0.462. The zero-order valence-electron chi connectivity index (χ0n) is 10.5. The van der Waals surface area contributed by atoms with E-state index in [0.29, 0.717) is 43.2 Å². The predicted octanol–water partition coefficient (Wildman–Crippen LogP) is 2.09. The van der Waals surface area contributed by atoms with Gasteiger partial charge in [0.1, 0.15) is 19.0 Å². The van der Waals surface area contributed by atoms with Crippen molar-refractivity contribution in [2.24, 2.45) is 5.92 Å². The van der Waals surface area contributed by atoms with Gasteiger partial charge in [-0.2, -0.15) is 0 Å². The second-order valence-electron chi connectivity index (χ2n) is 4.85. The first-order chi connectivity index (χ1) is 9.58. The Kier molecular flexibility index (Phi) is 3.55. The van der Waals surface area contributed by atoms with Crippen LogP contribution in [0.25, 0.3) is 0 Å². The third-order valence-electron chi connectivity index (χ3n) is 3.60. The molecule has 1 fully saturated rings. The predicted molar refractivity (Wildman–Crippen MR) is 71.6 cm³/mol. The molecule has 0 spiro atoms. The molecule has 20 heavy (non-hydrogen) atoms. The molecule has 2 unspecified atom stereocenters. The van der Waals surface area contributed by atoms with Gasteiger partial charge in [0.25, 0.3) is 0 Å². The number of nitrogens with one attached hydrogen (secondary N) is 1. The van der Waals surface area contributed by atoms with E-state index in [-0.39, 0.29) is 10.5 Å². The standard InChI is InChI=1S/C13H13BrFNO4/c14-10-11(15)7(4-9-12(10)20-2-1-19-9)8-3-6(5-16-8)13(17)18/h4,6,8,16H,1-3,5H2,(H,17,18). The first-order valence-electron chi connectivity index (χ1n) is 6.31. The van der Waals surface area contributed by atoms with Crippen LogP contribution in [0.2, 0.25) is 0 Å². The second-order valence-corrected chi connectivity index (χ2v) is 5.64. The van der Waals surface area contributed by atoms with Gasteiger partial charge in [-0.15, -0.1) is 0 Å². The van der Waals surface area contributed by atoms with Crippen LogP contribution >= 0.6 is 15.9 Å². The number of rotatable bonds is 2. The number of carboxylic acid groups (broad SMARTS) is 1. The van der Waals surface area contributed by atoms with Gasteiger partial charge < -0.3 is 19.9 Å². The van der Waals surface area contributed by atoms with Crippen molar-refractivity contribution in [2.75, 3.05) is 19.8 Å². The smallest absolute Gasteiger partial charge is 0.307 e. The molecule has 0 aromatic heterocycles. The topological polar surface area (TPSA) is 67.8 Å². The summed E-state index contributed by atoms with van der Waals surface area (Å²) in [7, 11) is 0. The van der Waals surface area contributed by atoms with E-state index in [1.165, 1.54) is 0 Å². The van der Waals surface area contributed by atoms with Crippen molar-refractivity contribution in [3.05, 3.63) is 21.9 Å². The number of ether oxygens (including phenoxy) is 2. The minimum Gasteiger partial charge on any atom is -0.486 e. The van der Waals surface area contributed by atoms with E-state index in [1.807, 2.05) is 0 Å². The summed E-state index contributed by atoms with van der Waals surface area (Å²) < 4.78 is 25.5. The number of hydrogen-bond acceptors (Lipinski definition) is 4. The Bertz CT molecular complexity index is 566. The van der Waals surface area contributed by atoms with Crippen LogP contribution in [0, 0.1) is 11.7 Å². The lowest BCUT2D eigenvalue weighted by Crippen LogP contribution is -2.19. The number of fused-ring (bicyclic) bond motifs is 1. The van der Waals surface area contributed by atoms with Crippen molar-refractivity contribution in [2.45, 2.75) is 12.5 Å². The Morgan fingerprint density at radius 1 is 1.45 bits per heavy atom. The number of aliphatic carboxylic acids is 1. The lowest BCUT2D eigenvalue weighted by atomic mass is 9.99. The first kappa shape index (κ1) is 13.6. The van der Waals surface area contributed by atoms with Gasteiger partial charge in [0.2, 0.25) is 0 Å². The molecule has 2 aliphatic heterocycles. The fourth-order valence-electron chi connectivity index (χ4n) is 2.56. The average Bonchev–Trinajstić information content (AvgIpc) is 2.92. The Hall–Kier alpha value is -1.34. The second kappa shape index (κ2) is 5.21. The minimum absolute atomic E-state index is 0.227. The van der Waals surface area contributed by atoms with E-state index in [4.69, 9.17) is 14.6 Å². The van der Waals surface area contributed by atoms with Gasteiger partial charge in [-0.05, 0) is 28.4 Å². The summed E-state index contributed by atoms with van der Waals surface area (Å²) in [5.41, 5.74) is 0.407. The summed E-state index contributed by atoms with van der Waals surface area (Å²) in [6.45, 7) is 1.14. The molecule has 1 aromatic carbocycles. The Labute approximate surface area is 123 Å². The highest BCUT2D eigenvalue weighted by Crippen LogP contribution is 2.43. The maximum atomic E-state index is 14.4. The highest BCUT2D eigenvalue weighted by Gasteiger charge is 2.33. The molecule has 3 rings (SSSR count). The third-order valence-corrected chi connectivity index (χ3v) is 4.31. The van der Waals surface area contributed by atoms with E-state index >= 15 is 0 Å². The SMILES string of the molecule is O=C(O)C1CNC(c2cc3c(c(Br)c2F)OCCO3)C1. The number of benzene rings is 1. The zero-order chi connectivity index (χ0) is 14.3. The average molecular weight is 346 g/mol. The van der Waals surface area contributed by atoms with Crippen molar-refractivity contribution in [3.8, 4) is 11.5 Å². The van der Waals surface area contributed by atoms with Crippen LogP contribution in [0.1, 0.15) is 18.0 Å². The Morgan fingerprint density at radius 2 is 2.20 bits per heavy atom. The molecule has 0 bridgehead atoms. The summed E-state index contributed by atoms with van der Waals surface area (Å²) in [6, 6.07) is 1.26. The molecule has 1 aromatic rings. The third kappa shape index (κ3) is 2.25. The van der Waals surface area contributed by atoms with Crippen LogP contribution in [0.15, 0.2) is 10.5 Å². The number of carboxylic acids is 1. The molecule has 0 aliphatic carbocycles. The van der Waals surface area contributed by atoms with Crippen LogP contribution in [-0.4, -0.2) is 30.8 Å². The molecule has 7 heteroatoms. The van der Waals surface area contributed by atoms with Gasteiger partial charge in [0, 0.05) is 18.2 Å². The molecule has 108 valence electrons. The summed E-state index contributed by atoms with van der Waals surface area (Å²) in [6.07, 6.45) is 0.359. The highest BCUT2D eigenvalue weighted by atomic mass is 79.9. The van der Waals surface area contributed by atoms with Crippen LogP contribution < -0.4 is 14.8 Å². The van der Waals surface area contributed by atoms with Gasteiger partial charge in [-0.1, -0.05) is 0 Å². The van der Waals surface area contributed by atoms with Gasteiger partial charge in [-0.3, -0.25) is 4.79 Å². The Balaban J connectivity index is 1.94. The quantitative estimate of drug-likeness (QED) is 0.859.